The van der Waals surface area contributed by atoms with Crippen LogP contribution >= 0.6 is 23.4 Å². The van der Waals surface area contributed by atoms with E-state index in [-0.39, 0.29) is 23.8 Å². The molecule has 2 aliphatic heterocycles. The second-order valence-corrected chi connectivity index (χ2v) is 9.26. The number of hydrogen-bond donors (Lipinski definition) is 1. The van der Waals surface area contributed by atoms with Crippen LogP contribution < -0.4 is 5.32 Å². The van der Waals surface area contributed by atoms with E-state index < -0.39 is 28.6 Å². The van der Waals surface area contributed by atoms with Crippen molar-refractivity contribution >= 4 is 46.6 Å². The molecular weight excluding hydrogens is 446 g/mol. The van der Waals surface area contributed by atoms with Crippen LogP contribution in [0, 0.1) is 17.6 Å². The average Bonchev–Trinajstić information content (AvgIpc) is 2.75. The molecule has 0 spiro atoms. The number of nitrogens with one attached hydrogen (secondary N) is 1. The summed E-state index contributed by atoms with van der Waals surface area (Å²) in [7, 11) is 0. The van der Waals surface area contributed by atoms with Crippen molar-refractivity contribution in [2.24, 2.45) is 5.92 Å². The standard InChI is InChI=1S/C22H19ClF2N2O3S/c23-13-1-4-18-17(9-13)26-22(30)19(31-18)11-20(28)27-7-5-12(6-8-27)21(29)15-10-14(24)2-3-16(15)25/h1-4,9-10,12,19H,5-8,11H2,(H,26,30). The minimum absolute atomic E-state index is 0.0374. The Hall–Kier alpha value is -2.45. The lowest BCUT2D eigenvalue weighted by Gasteiger charge is -2.33. The van der Waals surface area contributed by atoms with Crippen molar-refractivity contribution in [2.75, 3.05) is 18.4 Å². The van der Waals surface area contributed by atoms with E-state index in [2.05, 4.69) is 5.32 Å². The SMILES string of the molecule is O=C(c1cc(F)ccc1F)C1CCN(C(=O)CC2Sc3ccc(Cl)cc3NC2=O)CC1. The predicted octanol–water partition coefficient (Wildman–Crippen LogP) is 4.54. The number of amides is 2. The normalized spacial score (nSPS) is 19.0. The molecule has 1 N–H and O–H groups in total. The number of hydrogen-bond acceptors (Lipinski definition) is 4. The molecule has 162 valence electrons. The van der Waals surface area contributed by atoms with E-state index in [4.69, 9.17) is 11.6 Å². The zero-order valence-electron chi connectivity index (χ0n) is 16.4. The van der Waals surface area contributed by atoms with E-state index in [1.165, 1.54) is 11.8 Å². The maximum Gasteiger partial charge on any atom is 0.238 e. The number of Topliss-reactive ketones (excluding diaryl/α,β-unsaturated/α-hetero) is 1. The van der Waals surface area contributed by atoms with Gasteiger partial charge in [-0.1, -0.05) is 11.6 Å². The maximum atomic E-state index is 13.9. The van der Waals surface area contributed by atoms with Crippen LogP contribution in [0.3, 0.4) is 0 Å². The number of halogens is 3. The predicted molar refractivity (Wildman–Crippen MR) is 114 cm³/mol. The second kappa shape index (κ2) is 8.96. The van der Waals surface area contributed by atoms with Gasteiger partial charge in [-0.15, -0.1) is 11.8 Å². The molecule has 2 amide bonds. The van der Waals surface area contributed by atoms with Gasteiger partial charge in [0.2, 0.25) is 11.8 Å². The smallest absolute Gasteiger partial charge is 0.238 e. The molecule has 4 rings (SSSR count). The minimum Gasteiger partial charge on any atom is -0.343 e. The number of ketones is 1. The van der Waals surface area contributed by atoms with Gasteiger partial charge in [-0.2, -0.15) is 0 Å². The summed E-state index contributed by atoms with van der Waals surface area (Å²) < 4.78 is 27.3. The number of carbonyl (C=O) groups is 3. The van der Waals surface area contributed by atoms with Crippen molar-refractivity contribution in [2.45, 2.75) is 29.4 Å². The molecule has 0 aromatic heterocycles. The Bertz CT molecular complexity index is 1060. The van der Waals surface area contributed by atoms with Gasteiger partial charge in [0.1, 0.15) is 11.6 Å². The number of piperidine rings is 1. The van der Waals surface area contributed by atoms with Gasteiger partial charge in [0.15, 0.2) is 5.78 Å². The van der Waals surface area contributed by atoms with Crippen LogP contribution in [0.2, 0.25) is 5.02 Å². The molecule has 2 aliphatic rings. The van der Waals surface area contributed by atoms with Gasteiger partial charge in [0, 0.05) is 35.3 Å². The van der Waals surface area contributed by atoms with Gasteiger partial charge in [0.05, 0.1) is 16.5 Å². The summed E-state index contributed by atoms with van der Waals surface area (Å²) in [5.41, 5.74) is 0.383. The number of anilines is 1. The summed E-state index contributed by atoms with van der Waals surface area (Å²) in [5, 5.41) is 2.75. The highest BCUT2D eigenvalue weighted by Gasteiger charge is 2.33. The Morgan fingerprint density at radius 1 is 1.13 bits per heavy atom. The Kier molecular flexibility index (Phi) is 6.29. The van der Waals surface area contributed by atoms with Crippen molar-refractivity contribution in [3.8, 4) is 0 Å². The van der Waals surface area contributed by atoms with Gasteiger partial charge in [-0.05, 0) is 49.2 Å². The molecule has 0 aliphatic carbocycles. The maximum absolute atomic E-state index is 13.9. The summed E-state index contributed by atoms with van der Waals surface area (Å²) in [6.45, 7) is 0.661. The minimum atomic E-state index is -0.744. The fourth-order valence-corrected chi connectivity index (χ4v) is 5.10. The lowest BCUT2D eigenvalue weighted by molar-refractivity contribution is -0.133. The van der Waals surface area contributed by atoms with E-state index in [0.717, 1.165) is 23.1 Å². The molecule has 1 fully saturated rings. The molecule has 2 aromatic carbocycles. The van der Waals surface area contributed by atoms with E-state index in [0.29, 0.717) is 36.6 Å². The quantitative estimate of drug-likeness (QED) is 0.674. The molecule has 0 radical (unpaired) electrons. The lowest BCUT2D eigenvalue weighted by atomic mass is 9.88. The summed E-state index contributed by atoms with van der Waals surface area (Å²) in [6.07, 6.45) is 0.771. The molecule has 1 saturated heterocycles. The van der Waals surface area contributed by atoms with Crippen molar-refractivity contribution in [1.82, 2.24) is 4.90 Å². The van der Waals surface area contributed by atoms with Crippen LogP contribution in [0.25, 0.3) is 0 Å². The molecule has 5 nitrogen and oxygen atoms in total. The highest BCUT2D eigenvalue weighted by atomic mass is 35.5. The molecule has 1 unspecified atom stereocenters. The topological polar surface area (TPSA) is 66.5 Å². The first-order chi connectivity index (χ1) is 14.8. The van der Waals surface area contributed by atoms with E-state index in [9.17, 15) is 23.2 Å². The molecule has 9 heteroatoms. The number of nitrogens with zero attached hydrogens (tertiary/aromatic N) is 1. The Morgan fingerprint density at radius 3 is 2.61 bits per heavy atom. The molecule has 31 heavy (non-hydrogen) atoms. The molecule has 0 bridgehead atoms. The third kappa shape index (κ3) is 4.75. The lowest BCUT2D eigenvalue weighted by Crippen LogP contribution is -2.42. The van der Waals surface area contributed by atoms with Crippen LogP contribution in [-0.2, 0) is 9.59 Å². The molecule has 0 saturated carbocycles. The zero-order chi connectivity index (χ0) is 22.1. The van der Waals surface area contributed by atoms with Crippen LogP contribution in [0.15, 0.2) is 41.3 Å². The van der Waals surface area contributed by atoms with Crippen LogP contribution in [-0.4, -0.2) is 40.8 Å². The van der Waals surface area contributed by atoms with Crippen LogP contribution in [0.5, 0.6) is 0 Å². The van der Waals surface area contributed by atoms with Gasteiger partial charge in [-0.25, -0.2) is 8.78 Å². The van der Waals surface area contributed by atoms with E-state index in [1.807, 2.05) is 6.07 Å². The summed E-state index contributed by atoms with van der Waals surface area (Å²) in [6, 6.07) is 8.04. The number of rotatable bonds is 4. The van der Waals surface area contributed by atoms with Crippen LogP contribution in [0.4, 0.5) is 14.5 Å². The number of benzene rings is 2. The number of thioether (sulfide) groups is 1. The third-order valence-electron chi connectivity index (χ3n) is 5.53. The summed E-state index contributed by atoms with van der Waals surface area (Å²) in [5.74, 6) is -2.74. The number of carbonyl (C=O) groups excluding carboxylic acids is 3. The summed E-state index contributed by atoms with van der Waals surface area (Å²) >= 11 is 7.27. The molecule has 1 atom stereocenters. The fourth-order valence-electron chi connectivity index (χ4n) is 3.84. The van der Waals surface area contributed by atoms with Gasteiger partial charge in [0.25, 0.3) is 0 Å². The van der Waals surface area contributed by atoms with Gasteiger partial charge >= 0.3 is 0 Å². The van der Waals surface area contributed by atoms with Crippen molar-refractivity contribution in [3.05, 3.63) is 58.6 Å². The first kappa shape index (κ1) is 21.8. The molecule has 2 aromatic rings. The van der Waals surface area contributed by atoms with Crippen molar-refractivity contribution < 1.29 is 23.2 Å². The highest BCUT2D eigenvalue weighted by molar-refractivity contribution is 8.01. The highest BCUT2D eigenvalue weighted by Crippen LogP contribution is 2.38. The largest absolute Gasteiger partial charge is 0.343 e. The van der Waals surface area contributed by atoms with Gasteiger partial charge in [-0.3, -0.25) is 14.4 Å². The molecule has 2 heterocycles. The number of likely N-dealkylation sites (tertiary alicyclic amines) is 1. The number of fused-ring (bicyclic) bond motifs is 1. The average molecular weight is 465 g/mol. The Morgan fingerprint density at radius 2 is 1.87 bits per heavy atom. The monoisotopic (exact) mass is 464 g/mol. The Labute approximate surface area is 187 Å². The molecular formula is C22H19ClF2N2O3S. The first-order valence-electron chi connectivity index (χ1n) is 9.86. The third-order valence-corrected chi connectivity index (χ3v) is 7.04. The fraction of sp³-hybridized carbons (Fsp3) is 0.318. The van der Waals surface area contributed by atoms with E-state index >= 15 is 0 Å². The Balaban J connectivity index is 1.34. The first-order valence-corrected chi connectivity index (χ1v) is 11.1. The van der Waals surface area contributed by atoms with Crippen molar-refractivity contribution in [1.29, 1.82) is 0 Å². The van der Waals surface area contributed by atoms with Crippen LogP contribution in [0.1, 0.15) is 29.6 Å². The van der Waals surface area contributed by atoms with E-state index in [1.54, 1.807) is 17.0 Å². The van der Waals surface area contributed by atoms with Gasteiger partial charge < -0.3 is 10.2 Å². The summed E-state index contributed by atoms with van der Waals surface area (Å²) in [4.78, 5) is 40.2. The zero-order valence-corrected chi connectivity index (χ0v) is 17.9. The second-order valence-electron chi connectivity index (χ2n) is 7.58. The van der Waals surface area contributed by atoms with Crippen molar-refractivity contribution in [3.63, 3.8) is 0 Å².